The first-order chi connectivity index (χ1) is 6.65. The number of hydrogen-bond acceptors (Lipinski definition) is 3. The third kappa shape index (κ3) is 3.00. The fraction of sp³-hybridized carbons (Fsp3) is 0.545. The molecular formula is C11H18N2O. The van der Waals surface area contributed by atoms with E-state index in [1.165, 1.54) is 0 Å². The second kappa shape index (κ2) is 4.96. The predicted molar refractivity (Wildman–Crippen MR) is 57.2 cm³/mol. The highest BCUT2D eigenvalue weighted by Gasteiger charge is 2.04. The molecule has 1 rings (SSSR count). The van der Waals surface area contributed by atoms with Gasteiger partial charge in [-0.25, -0.2) is 4.98 Å². The van der Waals surface area contributed by atoms with E-state index in [2.05, 4.69) is 18.8 Å². The SMILES string of the molecule is COc1cc(CN)cc(CC(C)C)n1. The molecule has 78 valence electrons. The van der Waals surface area contributed by atoms with Gasteiger partial charge in [0.25, 0.3) is 0 Å². The lowest BCUT2D eigenvalue weighted by molar-refractivity contribution is 0.394. The Hall–Kier alpha value is -1.09. The molecular weight excluding hydrogens is 176 g/mol. The van der Waals surface area contributed by atoms with Gasteiger partial charge in [-0.2, -0.15) is 0 Å². The van der Waals surface area contributed by atoms with Gasteiger partial charge in [-0.3, -0.25) is 0 Å². The minimum atomic E-state index is 0.532. The van der Waals surface area contributed by atoms with Gasteiger partial charge < -0.3 is 10.5 Å². The molecule has 1 heterocycles. The van der Waals surface area contributed by atoms with E-state index in [0.29, 0.717) is 18.3 Å². The molecule has 0 aliphatic rings. The van der Waals surface area contributed by atoms with Crippen molar-refractivity contribution in [3.05, 3.63) is 23.4 Å². The van der Waals surface area contributed by atoms with Crippen LogP contribution < -0.4 is 10.5 Å². The summed E-state index contributed by atoms with van der Waals surface area (Å²) in [6, 6.07) is 3.92. The molecule has 0 radical (unpaired) electrons. The second-order valence-corrected chi connectivity index (χ2v) is 3.81. The molecule has 0 amide bonds. The van der Waals surface area contributed by atoms with Crippen LogP contribution in [0, 0.1) is 5.92 Å². The van der Waals surface area contributed by atoms with Gasteiger partial charge in [-0.15, -0.1) is 0 Å². The Balaban J connectivity index is 2.92. The zero-order chi connectivity index (χ0) is 10.6. The van der Waals surface area contributed by atoms with Crippen molar-refractivity contribution in [3.8, 4) is 5.88 Å². The summed E-state index contributed by atoms with van der Waals surface area (Å²) < 4.78 is 5.11. The smallest absolute Gasteiger partial charge is 0.213 e. The van der Waals surface area contributed by atoms with E-state index in [1.54, 1.807) is 7.11 Å². The molecule has 0 aliphatic carbocycles. The van der Waals surface area contributed by atoms with E-state index in [0.717, 1.165) is 17.7 Å². The molecule has 0 aromatic carbocycles. The van der Waals surface area contributed by atoms with Gasteiger partial charge in [-0.1, -0.05) is 13.8 Å². The second-order valence-electron chi connectivity index (χ2n) is 3.81. The molecule has 0 aliphatic heterocycles. The average Bonchev–Trinajstić information content (AvgIpc) is 2.16. The van der Waals surface area contributed by atoms with Crippen LogP contribution in [0.2, 0.25) is 0 Å². The number of ether oxygens (including phenoxy) is 1. The minimum absolute atomic E-state index is 0.532. The molecule has 0 bridgehead atoms. The van der Waals surface area contributed by atoms with E-state index >= 15 is 0 Å². The molecule has 1 aromatic heterocycles. The number of methoxy groups -OCH3 is 1. The highest BCUT2D eigenvalue weighted by atomic mass is 16.5. The van der Waals surface area contributed by atoms with E-state index in [9.17, 15) is 0 Å². The summed E-state index contributed by atoms with van der Waals surface area (Å²) in [5.74, 6) is 1.25. The van der Waals surface area contributed by atoms with E-state index < -0.39 is 0 Å². The van der Waals surface area contributed by atoms with Gasteiger partial charge in [0.2, 0.25) is 5.88 Å². The standard InChI is InChI=1S/C11H18N2O/c1-8(2)4-10-5-9(7-12)6-11(13-10)14-3/h5-6,8H,4,7,12H2,1-3H3. The lowest BCUT2D eigenvalue weighted by atomic mass is 10.1. The summed E-state index contributed by atoms with van der Waals surface area (Å²) in [6.07, 6.45) is 0.962. The van der Waals surface area contributed by atoms with Gasteiger partial charge >= 0.3 is 0 Å². The van der Waals surface area contributed by atoms with Crippen LogP contribution in [-0.4, -0.2) is 12.1 Å². The van der Waals surface area contributed by atoms with Gasteiger partial charge in [-0.05, 0) is 24.0 Å². The normalized spacial score (nSPS) is 10.6. The van der Waals surface area contributed by atoms with Crippen LogP contribution in [0.3, 0.4) is 0 Å². The van der Waals surface area contributed by atoms with Crippen molar-refractivity contribution < 1.29 is 4.74 Å². The third-order valence-electron chi connectivity index (χ3n) is 1.98. The number of rotatable bonds is 4. The van der Waals surface area contributed by atoms with Crippen molar-refractivity contribution in [2.45, 2.75) is 26.8 Å². The molecule has 2 N–H and O–H groups in total. The molecule has 0 saturated heterocycles. The Morgan fingerprint density at radius 1 is 1.43 bits per heavy atom. The monoisotopic (exact) mass is 194 g/mol. The number of nitrogens with two attached hydrogens (primary N) is 1. The Kier molecular flexibility index (Phi) is 3.89. The Morgan fingerprint density at radius 2 is 2.14 bits per heavy atom. The number of pyridine rings is 1. The maximum atomic E-state index is 5.59. The number of nitrogens with zero attached hydrogens (tertiary/aromatic N) is 1. The summed E-state index contributed by atoms with van der Waals surface area (Å²) in [4.78, 5) is 4.36. The van der Waals surface area contributed by atoms with E-state index in [-0.39, 0.29) is 0 Å². The fourth-order valence-electron chi connectivity index (χ4n) is 1.37. The highest BCUT2D eigenvalue weighted by molar-refractivity contribution is 5.25. The van der Waals surface area contributed by atoms with Crippen LogP contribution in [0.15, 0.2) is 12.1 Å². The minimum Gasteiger partial charge on any atom is -0.481 e. The Bertz CT molecular complexity index is 275. The summed E-state index contributed by atoms with van der Waals surface area (Å²) in [5.41, 5.74) is 7.72. The molecule has 3 heteroatoms. The van der Waals surface area contributed by atoms with E-state index in [4.69, 9.17) is 10.5 Å². The van der Waals surface area contributed by atoms with Crippen molar-refractivity contribution in [2.24, 2.45) is 11.7 Å². The summed E-state index contributed by atoms with van der Waals surface area (Å²) in [7, 11) is 1.63. The molecule has 0 fully saturated rings. The molecule has 3 nitrogen and oxygen atoms in total. The summed E-state index contributed by atoms with van der Waals surface area (Å²) in [5, 5.41) is 0. The number of aromatic nitrogens is 1. The molecule has 0 saturated carbocycles. The van der Waals surface area contributed by atoms with Crippen molar-refractivity contribution in [3.63, 3.8) is 0 Å². The van der Waals surface area contributed by atoms with Crippen molar-refractivity contribution in [1.82, 2.24) is 4.98 Å². The zero-order valence-electron chi connectivity index (χ0n) is 9.08. The lowest BCUT2D eigenvalue weighted by Crippen LogP contribution is -2.03. The fourth-order valence-corrected chi connectivity index (χ4v) is 1.37. The zero-order valence-corrected chi connectivity index (χ0v) is 9.08. The van der Waals surface area contributed by atoms with Crippen LogP contribution in [0.25, 0.3) is 0 Å². The Morgan fingerprint density at radius 3 is 2.64 bits per heavy atom. The molecule has 0 unspecified atom stereocenters. The predicted octanol–water partition coefficient (Wildman–Crippen LogP) is 1.75. The average molecular weight is 194 g/mol. The van der Waals surface area contributed by atoms with Crippen LogP contribution >= 0.6 is 0 Å². The summed E-state index contributed by atoms with van der Waals surface area (Å²) >= 11 is 0. The number of hydrogen-bond donors (Lipinski definition) is 1. The molecule has 0 spiro atoms. The molecule has 0 atom stereocenters. The lowest BCUT2D eigenvalue weighted by Gasteiger charge is -2.08. The van der Waals surface area contributed by atoms with Gasteiger partial charge in [0, 0.05) is 18.3 Å². The quantitative estimate of drug-likeness (QED) is 0.794. The highest BCUT2D eigenvalue weighted by Crippen LogP contribution is 2.14. The maximum Gasteiger partial charge on any atom is 0.213 e. The van der Waals surface area contributed by atoms with Gasteiger partial charge in [0.1, 0.15) is 0 Å². The van der Waals surface area contributed by atoms with Crippen LogP contribution in [0.1, 0.15) is 25.1 Å². The van der Waals surface area contributed by atoms with Crippen LogP contribution in [0.5, 0.6) is 5.88 Å². The first kappa shape index (κ1) is 11.0. The van der Waals surface area contributed by atoms with Crippen molar-refractivity contribution >= 4 is 0 Å². The maximum absolute atomic E-state index is 5.59. The topological polar surface area (TPSA) is 48.1 Å². The molecule has 1 aromatic rings. The van der Waals surface area contributed by atoms with Gasteiger partial charge in [0.05, 0.1) is 7.11 Å². The van der Waals surface area contributed by atoms with Crippen molar-refractivity contribution in [1.29, 1.82) is 0 Å². The Labute approximate surface area is 85.3 Å². The van der Waals surface area contributed by atoms with Gasteiger partial charge in [0.15, 0.2) is 0 Å². The van der Waals surface area contributed by atoms with E-state index in [1.807, 2.05) is 12.1 Å². The van der Waals surface area contributed by atoms with Crippen molar-refractivity contribution in [2.75, 3.05) is 7.11 Å². The first-order valence-electron chi connectivity index (χ1n) is 4.89. The van der Waals surface area contributed by atoms with Crippen LogP contribution in [-0.2, 0) is 13.0 Å². The first-order valence-corrected chi connectivity index (χ1v) is 4.89. The van der Waals surface area contributed by atoms with Crippen LogP contribution in [0.4, 0.5) is 0 Å². The largest absolute Gasteiger partial charge is 0.481 e. The summed E-state index contributed by atoms with van der Waals surface area (Å²) in [6.45, 7) is 4.87. The molecule has 14 heavy (non-hydrogen) atoms. The third-order valence-corrected chi connectivity index (χ3v) is 1.98.